The Morgan fingerprint density at radius 3 is 2.30 bits per heavy atom. The summed E-state index contributed by atoms with van der Waals surface area (Å²) < 4.78 is 0. The summed E-state index contributed by atoms with van der Waals surface area (Å²) >= 11 is 0. The standard InChI is InChI=1S/C21H33N3O3/c1-4-15(5-2)20(16-10-8-7-9-11-16)23-21(27)22-17-12-18(13-17)24(6-3)14-19(25)26/h7-11,15,17-18,20H,4-6,12-14H2,1-3H3,(H,25,26)(H2,22,23,27). The minimum atomic E-state index is -0.804. The zero-order valence-electron chi connectivity index (χ0n) is 16.6. The molecule has 1 aliphatic rings. The molecule has 1 aromatic rings. The van der Waals surface area contributed by atoms with E-state index in [9.17, 15) is 9.59 Å². The largest absolute Gasteiger partial charge is 0.480 e. The molecule has 27 heavy (non-hydrogen) atoms. The third kappa shape index (κ3) is 5.96. The summed E-state index contributed by atoms with van der Waals surface area (Å²) in [6.07, 6.45) is 3.61. The van der Waals surface area contributed by atoms with Crippen molar-refractivity contribution in [1.29, 1.82) is 0 Å². The third-order valence-corrected chi connectivity index (χ3v) is 5.67. The molecule has 6 heteroatoms. The molecule has 2 rings (SSSR count). The van der Waals surface area contributed by atoms with Crippen molar-refractivity contribution < 1.29 is 14.7 Å². The first-order valence-corrected chi connectivity index (χ1v) is 10.1. The van der Waals surface area contributed by atoms with Crippen LogP contribution in [0.15, 0.2) is 30.3 Å². The second-order valence-corrected chi connectivity index (χ2v) is 7.36. The fourth-order valence-electron chi connectivity index (χ4n) is 3.94. The van der Waals surface area contributed by atoms with Gasteiger partial charge in [0.05, 0.1) is 12.6 Å². The Bertz CT molecular complexity index is 598. The van der Waals surface area contributed by atoms with Crippen LogP contribution in [0.2, 0.25) is 0 Å². The number of amides is 2. The Labute approximate surface area is 162 Å². The number of urea groups is 1. The molecule has 0 aliphatic heterocycles. The maximum absolute atomic E-state index is 12.6. The predicted octanol–water partition coefficient (Wildman–Crippen LogP) is 3.40. The molecule has 0 aromatic heterocycles. The van der Waals surface area contributed by atoms with Crippen LogP contribution in [0.4, 0.5) is 4.79 Å². The number of hydrogen-bond donors (Lipinski definition) is 3. The molecule has 0 bridgehead atoms. The maximum Gasteiger partial charge on any atom is 0.317 e. The average molecular weight is 376 g/mol. The smallest absolute Gasteiger partial charge is 0.317 e. The minimum absolute atomic E-state index is 0.00350. The fourth-order valence-corrected chi connectivity index (χ4v) is 3.94. The van der Waals surface area contributed by atoms with Gasteiger partial charge in [0, 0.05) is 12.1 Å². The highest BCUT2D eigenvalue weighted by Crippen LogP contribution is 2.28. The van der Waals surface area contributed by atoms with Gasteiger partial charge < -0.3 is 15.7 Å². The van der Waals surface area contributed by atoms with Crippen LogP contribution in [-0.2, 0) is 4.79 Å². The van der Waals surface area contributed by atoms with Gasteiger partial charge in [-0.2, -0.15) is 0 Å². The molecule has 1 atom stereocenters. The second kappa shape index (κ2) is 10.3. The Kier molecular flexibility index (Phi) is 8.10. The molecule has 3 N–H and O–H groups in total. The van der Waals surface area contributed by atoms with Crippen LogP contribution < -0.4 is 10.6 Å². The first kappa shape index (κ1) is 21.2. The normalized spacial score (nSPS) is 20.2. The van der Waals surface area contributed by atoms with Gasteiger partial charge in [-0.15, -0.1) is 0 Å². The van der Waals surface area contributed by atoms with Gasteiger partial charge in [-0.1, -0.05) is 63.9 Å². The van der Waals surface area contributed by atoms with Crippen molar-refractivity contribution in [2.24, 2.45) is 5.92 Å². The van der Waals surface area contributed by atoms with Gasteiger partial charge in [0.15, 0.2) is 0 Å². The molecule has 1 unspecified atom stereocenters. The number of carboxylic acid groups (broad SMARTS) is 1. The highest BCUT2D eigenvalue weighted by atomic mass is 16.4. The summed E-state index contributed by atoms with van der Waals surface area (Å²) in [5.74, 6) is -0.416. The third-order valence-electron chi connectivity index (χ3n) is 5.67. The molecular weight excluding hydrogens is 342 g/mol. The lowest BCUT2D eigenvalue weighted by atomic mass is 9.85. The van der Waals surface area contributed by atoms with E-state index in [-0.39, 0.29) is 30.7 Å². The molecule has 6 nitrogen and oxygen atoms in total. The van der Waals surface area contributed by atoms with Gasteiger partial charge in [-0.3, -0.25) is 9.69 Å². The first-order chi connectivity index (χ1) is 13.0. The fraction of sp³-hybridized carbons (Fsp3) is 0.619. The van der Waals surface area contributed by atoms with Crippen molar-refractivity contribution in [3.8, 4) is 0 Å². The van der Waals surface area contributed by atoms with Gasteiger partial charge in [0.25, 0.3) is 0 Å². The molecule has 150 valence electrons. The Hall–Kier alpha value is -2.08. The summed E-state index contributed by atoms with van der Waals surface area (Å²) in [6.45, 7) is 7.05. The van der Waals surface area contributed by atoms with Crippen LogP contribution in [0.5, 0.6) is 0 Å². The number of carbonyl (C=O) groups is 2. The highest BCUT2D eigenvalue weighted by molar-refractivity contribution is 5.75. The summed E-state index contributed by atoms with van der Waals surface area (Å²) in [5.41, 5.74) is 1.13. The van der Waals surface area contributed by atoms with Crippen molar-refractivity contribution in [3.63, 3.8) is 0 Å². The number of nitrogens with zero attached hydrogens (tertiary/aromatic N) is 1. The van der Waals surface area contributed by atoms with Crippen molar-refractivity contribution >= 4 is 12.0 Å². The average Bonchev–Trinajstić information content (AvgIpc) is 2.63. The number of carboxylic acids is 1. The van der Waals surface area contributed by atoms with E-state index in [2.05, 4.69) is 36.6 Å². The van der Waals surface area contributed by atoms with Gasteiger partial charge in [-0.05, 0) is 30.9 Å². The van der Waals surface area contributed by atoms with Crippen molar-refractivity contribution in [1.82, 2.24) is 15.5 Å². The maximum atomic E-state index is 12.6. The zero-order chi connectivity index (χ0) is 19.8. The number of hydrogen-bond acceptors (Lipinski definition) is 3. The van der Waals surface area contributed by atoms with E-state index in [1.54, 1.807) is 0 Å². The number of benzene rings is 1. The molecule has 0 spiro atoms. The van der Waals surface area contributed by atoms with Crippen molar-refractivity contribution in [2.75, 3.05) is 13.1 Å². The van der Waals surface area contributed by atoms with Crippen LogP contribution in [0.3, 0.4) is 0 Å². The second-order valence-electron chi connectivity index (χ2n) is 7.36. The molecule has 0 heterocycles. The minimum Gasteiger partial charge on any atom is -0.480 e. The number of nitrogens with one attached hydrogen (secondary N) is 2. The number of aliphatic carboxylic acids is 1. The van der Waals surface area contributed by atoms with Gasteiger partial charge in [0.2, 0.25) is 0 Å². The van der Waals surface area contributed by atoms with Crippen LogP contribution >= 0.6 is 0 Å². The van der Waals surface area contributed by atoms with E-state index in [1.807, 2.05) is 30.0 Å². The van der Waals surface area contributed by atoms with E-state index in [0.717, 1.165) is 31.2 Å². The Balaban J connectivity index is 1.89. The van der Waals surface area contributed by atoms with E-state index >= 15 is 0 Å². The van der Waals surface area contributed by atoms with E-state index in [4.69, 9.17) is 5.11 Å². The molecule has 1 fully saturated rings. The van der Waals surface area contributed by atoms with Crippen LogP contribution in [0.25, 0.3) is 0 Å². The van der Waals surface area contributed by atoms with E-state index < -0.39 is 5.97 Å². The lowest BCUT2D eigenvalue weighted by Crippen LogP contribution is -2.56. The Morgan fingerprint density at radius 1 is 1.15 bits per heavy atom. The molecule has 1 aliphatic carbocycles. The van der Waals surface area contributed by atoms with Crippen molar-refractivity contribution in [2.45, 2.75) is 64.6 Å². The molecule has 0 saturated heterocycles. The quantitative estimate of drug-likeness (QED) is 0.585. The summed E-state index contributed by atoms with van der Waals surface area (Å²) in [5, 5.41) is 15.2. The monoisotopic (exact) mass is 375 g/mol. The SMILES string of the molecule is CCC(CC)C(NC(=O)NC1CC(N(CC)CC(=O)O)C1)c1ccccc1. The van der Waals surface area contributed by atoms with Gasteiger partial charge >= 0.3 is 12.0 Å². The van der Waals surface area contributed by atoms with Crippen LogP contribution in [0, 0.1) is 5.92 Å². The first-order valence-electron chi connectivity index (χ1n) is 10.1. The number of rotatable bonds is 10. The van der Waals surface area contributed by atoms with Crippen LogP contribution in [-0.4, -0.2) is 47.2 Å². The Morgan fingerprint density at radius 2 is 1.78 bits per heavy atom. The highest BCUT2D eigenvalue weighted by Gasteiger charge is 2.35. The van der Waals surface area contributed by atoms with Gasteiger partial charge in [-0.25, -0.2) is 4.79 Å². The topological polar surface area (TPSA) is 81.7 Å². The molecular formula is C21H33N3O3. The summed E-state index contributed by atoms with van der Waals surface area (Å²) in [6, 6.07) is 10.3. The van der Waals surface area contributed by atoms with Gasteiger partial charge in [0.1, 0.15) is 0 Å². The molecule has 1 saturated carbocycles. The number of likely N-dealkylation sites (N-methyl/N-ethyl adjacent to an activating group) is 1. The summed E-state index contributed by atoms with van der Waals surface area (Å²) in [7, 11) is 0. The zero-order valence-corrected chi connectivity index (χ0v) is 16.6. The molecule has 0 radical (unpaired) electrons. The van der Waals surface area contributed by atoms with Crippen LogP contribution in [0.1, 0.15) is 58.1 Å². The predicted molar refractivity (Wildman–Crippen MR) is 107 cm³/mol. The van der Waals surface area contributed by atoms with Crippen molar-refractivity contribution in [3.05, 3.63) is 35.9 Å². The lowest BCUT2D eigenvalue weighted by molar-refractivity contribution is -0.139. The van der Waals surface area contributed by atoms with E-state index in [1.165, 1.54) is 0 Å². The molecule has 1 aromatic carbocycles. The van der Waals surface area contributed by atoms with E-state index in [0.29, 0.717) is 12.5 Å². The lowest BCUT2D eigenvalue weighted by Gasteiger charge is -2.42. The summed E-state index contributed by atoms with van der Waals surface area (Å²) in [4.78, 5) is 25.4. The number of carbonyl (C=O) groups excluding carboxylic acids is 1. The molecule has 2 amide bonds.